The van der Waals surface area contributed by atoms with Gasteiger partial charge in [0.1, 0.15) is 0 Å². The number of fused-ring (bicyclic) bond motifs is 2. The summed E-state index contributed by atoms with van der Waals surface area (Å²) in [7, 11) is 0. The fraction of sp³-hybridized carbons (Fsp3) is 0.500. The van der Waals surface area contributed by atoms with Crippen molar-refractivity contribution in [1.29, 1.82) is 0 Å². The van der Waals surface area contributed by atoms with Crippen LogP contribution in [-0.2, 0) is 0 Å². The molecule has 0 aromatic heterocycles. The Balaban J connectivity index is 1.85. The van der Waals surface area contributed by atoms with E-state index in [9.17, 15) is 4.79 Å². The number of hydrogen-bond donors (Lipinski definition) is 1. The normalized spacial score (nSPS) is 30.6. The van der Waals surface area contributed by atoms with Gasteiger partial charge >= 0.3 is 0 Å². The van der Waals surface area contributed by atoms with Gasteiger partial charge in [-0.15, -0.1) is 0 Å². The molecule has 1 aromatic rings. The van der Waals surface area contributed by atoms with Crippen LogP contribution < -0.4 is 5.73 Å². The summed E-state index contributed by atoms with van der Waals surface area (Å²) in [5.41, 5.74) is 6.81. The van der Waals surface area contributed by atoms with Crippen LogP contribution in [0.5, 0.6) is 0 Å². The summed E-state index contributed by atoms with van der Waals surface area (Å²) in [6.07, 6.45) is 4.13. The monoisotopic (exact) mass is 308 g/mol. The second kappa shape index (κ2) is 4.67. The second-order valence-corrected chi connectivity index (χ2v) is 6.25. The Labute approximate surface area is 115 Å². The maximum atomic E-state index is 12.6. The van der Waals surface area contributed by atoms with Gasteiger partial charge in [-0.1, -0.05) is 22.0 Å². The summed E-state index contributed by atoms with van der Waals surface area (Å²) in [4.78, 5) is 14.7. The van der Waals surface area contributed by atoms with Crippen LogP contribution in [0.3, 0.4) is 0 Å². The lowest BCUT2D eigenvalue weighted by Gasteiger charge is -2.37. The molecule has 2 unspecified atom stereocenters. The van der Waals surface area contributed by atoms with Crippen LogP contribution in [0.25, 0.3) is 0 Å². The molecular weight excluding hydrogens is 292 g/mol. The smallest absolute Gasteiger partial charge is 0.254 e. The molecule has 3 nitrogen and oxygen atoms in total. The first kappa shape index (κ1) is 12.2. The third-order valence-corrected chi connectivity index (χ3v) is 4.57. The summed E-state index contributed by atoms with van der Waals surface area (Å²) < 4.78 is 0.953. The lowest BCUT2D eigenvalue weighted by Crippen LogP contribution is -2.50. The number of halogens is 1. The van der Waals surface area contributed by atoms with Gasteiger partial charge in [0.2, 0.25) is 0 Å². The van der Waals surface area contributed by atoms with Crippen molar-refractivity contribution in [3.63, 3.8) is 0 Å². The van der Waals surface area contributed by atoms with Gasteiger partial charge in [0.05, 0.1) is 0 Å². The number of rotatable bonds is 1. The van der Waals surface area contributed by atoms with Crippen molar-refractivity contribution in [1.82, 2.24) is 4.90 Å². The minimum atomic E-state index is 0.163. The van der Waals surface area contributed by atoms with E-state index in [1.165, 1.54) is 0 Å². The Hall–Kier alpha value is -0.870. The van der Waals surface area contributed by atoms with Crippen LogP contribution in [0.1, 0.15) is 36.0 Å². The quantitative estimate of drug-likeness (QED) is 0.866. The summed E-state index contributed by atoms with van der Waals surface area (Å²) in [6.45, 7) is 0. The molecule has 0 radical (unpaired) electrons. The van der Waals surface area contributed by atoms with Crippen LogP contribution in [0.4, 0.5) is 0 Å². The first-order valence-electron chi connectivity index (χ1n) is 6.49. The zero-order valence-electron chi connectivity index (χ0n) is 10.2. The van der Waals surface area contributed by atoms with E-state index in [-0.39, 0.29) is 11.9 Å². The number of amides is 1. The lowest BCUT2D eigenvalue weighted by molar-refractivity contribution is 0.0575. The Morgan fingerprint density at radius 1 is 1.28 bits per heavy atom. The number of piperidine rings is 1. The molecule has 0 aliphatic carbocycles. The Bertz CT molecular complexity index is 463. The van der Waals surface area contributed by atoms with Crippen molar-refractivity contribution >= 4 is 21.8 Å². The van der Waals surface area contributed by atoms with Crippen LogP contribution in [0.15, 0.2) is 28.7 Å². The van der Waals surface area contributed by atoms with E-state index < -0.39 is 0 Å². The van der Waals surface area contributed by atoms with Crippen molar-refractivity contribution in [2.24, 2.45) is 5.73 Å². The van der Waals surface area contributed by atoms with Gasteiger partial charge in [0, 0.05) is 28.2 Å². The summed E-state index contributed by atoms with van der Waals surface area (Å²) in [5, 5.41) is 0. The van der Waals surface area contributed by atoms with E-state index in [1.807, 2.05) is 24.3 Å². The SMILES string of the molecule is NC1CC2CCC(C1)N2C(=O)c1cccc(Br)c1. The van der Waals surface area contributed by atoms with Crippen molar-refractivity contribution in [3.8, 4) is 0 Å². The van der Waals surface area contributed by atoms with Gasteiger partial charge in [-0.2, -0.15) is 0 Å². The molecule has 1 aromatic carbocycles. The number of nitrogens with two attached hydrogens (primary N) is 1. The fourth-order valence-corrected chi connectivity index (χ4v) is 3.72. The third-order valence-electron chi connectivity index (χ3n) is 4.08. The Kier molecular flexibility index (Phi) is 3.16. The molecule has 1 amide bonds. The molecule has 2 aliphatic rings. The minimum absolute atomic E-state index is 0.163. The highest BCUT2D eigenvalue weighted by atomic mass is 79.9. The zero-order chi connectivity index (χ0) is 12.7. The first-order valence-corrected chi connectivity index (χ1v) is 7.28. The molecule has 4 heteroatoms. The summed E-state index contributed by atoms with van der Waals surface area (Å²) in [5.74, 6) is 0.163. The Morgan fingerprint density at radius 2 is 1.94 bits per heavy atom. The van der Waals surface area contributed by atoms with Crippen LogP contribution in [-0.4, -0.2) is 28.9 Å². The standard InChI is InChI=1S/C14H17BrN2O/c15-10-3-1-2-9(6-10)14(18)17-12-4-5-13(17)8-11(16)7-12/h1-3,6,11-13H,4-5,7-8,16H2. The molecule has 2 saturated heterocycles. The van der Waals surface area contributed by atoms with Gasteiger partial charge in [-0.05, 0) is 43.9 Å². The predicted octanol–water partition coefficient (Wildman–Crippen LogP) is 2.54. The average Bonchev–Trinajstić information content (AvgIpc) is 2.61. The average molecular weight is 309 g/mol. The molecule has 0 spiro atoms. The highest BCUT2D eigenvalue weighted by Crippen LogP contribution is 2.36. The van der Waals surface area contributed by atoms with Crippen LogP contribution >= 0.6 is 15.9 Å². The number of benzene rings is 1. The second-order valence-electron chi connectivity index (χ2n) is 5.34. The maximum Gasteiger partial charge on any atom is 0.254 e. The molecule has 2 aliphatic heterocycles. The first-order chi connectivity index (χ1) is 8.65. The van der Waals surface area contributed by atoms with Gasteiger partial charge in [-0.3, -0.25) is 4.79 Å². The van der Waals surface area contributed by atoms with Gasteiger partial charge in [-0.25, -0.2) is 0 Å². The van der Waals surface area contributed by atoms with E-state index >= 15 is 0 Å². The van der Waals surface area contributed by atoms with Gasteiger partial charge in [0.15, 0.2) is 0 Å². The van der Waals surface area contributed by atoms with Crippen LogP contribution in [0, 0.1) is 0 Å². The fourth-order valence-electron chi connectivity index (χ4n) is 3.32. The largest absolute Gasteiger partial charge is 0.333 e. The maximum absolute atomic E-state index is 12.6. The predicted molar refractivity (Wildman–Crippen MR) is 74.3 cm³/mol. The summed E-state index contributed by atoms with van der Waals surface area (Å²) in [6, 6.07) is 8.62. The number of carbonyl (C=O) groups is 1. The number of carbonyl (C=O) groups excluding carboxylic acids is 1. The minimum Gasteiger partial charge on any atom is -0.333 e. The molecule has 18 heavy (non-hydrogen) atoms. The highest BCUT2D eigenvalue weighted by Gasteiger charge is 2.42. The number of hydrogen-bond acceptors (Lipinski definition) is 2. The van der Waals surface area contributed by atoms with Crippen molar-refractivity contribution in [2.45, 2.75) is 43.8 Å². The van der Waals surface area contributed by atoms with E-state index in [1.54, 1.807) is 0 Å². The zero-order valence-corrected chi connectivity index (χ0v) is 11.8. The third kappa shape index (κ3) is 2.08. The van der Waals surface area contributed by atoms with Crippen molar-refractivity contribution in [2.75, 3.05) is 0 Å². The Morgan fingerprint density at radius 3 is 2.56 bits per heavy atom. The molecule has 2 fully saturated rings. The molecule has 2 heterocycles. The summed E-state index contributed by atoms with van der Waals surface area (Å²) >= 11 is 3.42. The molecule has 2 atom stereocenters. The molecule has 96 valence electrons. The highest BCUT2D eigenvalue weighted by molar-refractivity contribution is 9.10. The topological polar surface area (TPSA) is 46.3 Å². The molecular formula is C14H17BrN2O. The van der Waals surface area contributed by atoms with E-state index in [0.29, 0.717) is 12.1 Å². The number of nitrogens with zero attached hydrogens (tertiary/aromatic N) is 1. The molecule has 3 rings (SSSR count). The van der Waals surface area contributed by atoms with E-state index in [2.05, 4.69) is 20.8 Å². The lowest BCUT2D eigenvalue weighted by atomic mass is 9.97. The van der Waals surface area contributed by atoms with Crippen LogP contribution in [0.2, 0.25) is 0 Å². The van der Waals surface area contributed by atoms with E-state index in [4.69, 9.17) is 5.73 Å². The van der Waals surface area contributed by atoms with Gasteiger partial charge < -0.3 is 10.6 Å². The van der Waals surface area contributed by atoms with E-state index in [0.717, 1.165) is 35.7 Å². The molecule has 2 N–H and O–H groups in total. The molecule has 0 saturated carbocycles. The van der Waals surface area contributed by atoms with Crippen molar-refractivity contribution < 1.29 is 4.79 Å². The van der Waals surface area contributed by atoms with Crippen molar-refractivity contribution in [3.05, 3.63) is 34.3 Å². The van der Waals surface area contributed by atoms with Gasteiger partial charge in [0.25, 0.3) is 5.91 Å². The molecule has 2 bridgehead atoms.